The number of hydrogen-bond donors (Lipinski definition) is 2. The average molecular weight is 280 g/mol. The lowest BCUT2D eigenvalue weighted by Crippen LogP contribution is -2.40. The SMILES string of the molecule is O=C(CN1C(=O)CCC1=O)NCCC(O)c1ccco1. The lowest BCUT2D eigenvalue weighted by molar-refractivity contribution is -0.142. The number of nitrogens with one attached hydrogen (secondary N) is 1. The second kappa shape index (κ2) is 6.33. The number of amides is 3. The molecular weight excluding hydrogens is 264 g/mol. The van der Waals surface area contributed by atoms with E-state index >= 15 is 0 Å². The van der Waals surface area contributed by atoms with Crippen molar-refractivity contribution in [2.75, 3.05) is 13.1 Å². The highest BCUT2D eigenvalue weighted by Gasteiger charge is 2.30. The number of aliphatic hydroxyl groups excluding tert-OH is 1. The summed E-state index contributed by atoms with van der Waals surface area (Å²) in [6, 6.07) is 3.32. The van der Waals surface area contributed by atoms with Crippen LogP contribution in [0.1, 0.15) is 31.1 Å². The second-order valence-corrected chi connectivity index (χ2v) is 4.54. The van der Waals surface area contributed by atoms with Gasteiger partial charge in [0.25, 0.3) is 0 Å². The summed E-state index contributed by atoms with van der Waals surface area (Å²) in [5.41, 5.74) is 0. The standard InChI is InChI=1S/C13H16N2O5/c16-9(10-2-1-7-20-10)5-6-14-11(17)8-15-12(18)3-4-13(15)19/h1-2,7,9,16H,3-6,8H2,(H,14,17). The van der Waals surface area contributed by atoms with Crippen molar-refractivity contribution in [2.24, 2.45) is 0 Å². The van der Waals surface area contributed by atoms with Gasteiger partial charge in [0.1, 0.15) is 18.4 Å². The molecule has 1 atom stereocenters. The van der Waals surface area contributed by atoms with Gasteiger partial charge in [0.2, 0.25) is 17.7 Å². The van der Waals surface area contributed by atoms with Crippen LogP contribution in [0.5, 0.6) is 0 Å². The first-order chi connectivity index (χ1) is 9.58. The number of nitrogens with zero attached hydrogens (tertiary/aromatic N) is 1. The Kier molecular flexibility index (Phi) is 4.52. The van der Waals surface area contributed by atoms with Gasteiger partial charge < -0.3 is 14.8 Å². The van der Waals surface area contributed by atoms with Gasteiger partial charge in [-0.1, -0.05) is 0 Å². The maximum absolute atomic E-state index is 11.6. The van der Waals surface area contributed by atoms with E-state index in [1.165, 1.54) is 6.26 Å². The Balaban J connectivity index is 1.70. The van der Waals surface area contributed by atoms with Crippen LogP contribution in [0.15, 0.2) is 22.8 Å². The zero-order valence-corrected chi connectivity index (χ0v) is 10.9. The molecule has 0 aliphatic carbocycles. The average Bonchev–Trinajstić information content (AvgIpc) is 3.04. The van der Waals surface area contributed by atoms with Gasteiger partial charge in [-0.3, -0.25) is 19.3 Å². The summed E-state index contributed by atoms with van der Waals surface area (Å²) in [6.07, 6.45) is 1.30. The summed E-state index contributed by atoms with van der Waals surface area (Å²) in [5.74, 6) is -0.620. The molecule has 1 fully saturated rings. The highest BCUT2D eigenvalue weighted by molar-refractivity contribution is 6.04. The molecule has 1 saturated heterocycles. The molecule has 2 rings (SSSR count). The minimum atomic E-state index is -0.791. The third-order valence-electron chi connectivity index (χ3n) is 3.07. The molecule has 1 aliphatic heterocycles. The van der Waals surface area contributed by atoms with Crippen LogP contribution in [0.2, 0.25) is 0 Å². The molecule has 0 bridgehead atoms. The van der Waals surface area contributed by atoms with Crippen LogP contribution >= 0.6 is 0 Å². The monoisotopic (exact) mass is 280 g/mol. The van der Waals surface area contributed by atoms with Crippen LogP contribution in [0.25, 0.3) is 0 Å². The summed E-state index contributed by atoms with van der Waals surface area (Å²) in [6.45, 7) is -0.0224. The second-order valence-electron chi connectivity index (χ2n) is 4.54. The summed E-state index contributed by atoms with van der Waals surface area (Å²) in [7, 11) is 0. The smallest absolute Gasteiger partial charge is 0.240 e. The minimum Gasteiger partial charge on any atom is -0.467 e. The van der Waals surface area contributed by atoms with Gasteiger partial charge in [0, 0.05) is 19.4 Å². The quantitative estimate of drug-likeness (QED) is 0.713. The maximum atomic E-state index is 11.6. The summed E-state index contributed by atoms with van der Waals surface area (Å²) in [5, 5.41) is 12.3. The Hall–Kier alpha value is -2.15. The highest BCUT2D eigenvalue weighted by Crippen LogP contribution is 2.15. The van der Waals surface area contributed by atoms with Crippen molar-refractivity contribution in [1.29, 1.82) is 0 Å². The molecule has 0 saturated carbocycles. The van der Waals surface area contributed by atoms with E-state index in [1.807, 2.05) is 0 Å². The zero-order chi connectivity index (χ0) is 14.5. The van der Waals surface area contributed by atoms with Gasteiger partial charge in [-0.25, -0.2) is 0 Å². The lowest BCUT2D eigenvalue weighted by Gasteiger charge is -2.14. The predicted octanol–water partition coefficient (Wildman–Crippen LogP) is -0.0317. The zero-order valence-electron chi connectivity index (χ0n) is 10.9. The molecule has 20 heavy (non-hydrogen) atoms. The summed E-state index contributed by atoms with van der Waals surface area (Å²) in [4.78, 5) is 35.2. The van der Waals surface area contributed by atoms with Crippen LogP contribution in [-0.4, -0.2) is 40.8 Å². The molecule has 1 aromatic heterocycles. The van der Waals surface area contributed by atoms with E-state index in [4.69, 9.17) is 4.42 Å². The molecule has 108 valence electrons. The molecule has 1 unspecified atom stereocenters. The first kappa shape index (κ1) is 14.3. The van der Waals surface area contributed by atoms with Gasteiger partial charge in [0.15, 0.2) is 0 Å². The fourth-order valence-electron chi connectivity index (χ4n) is 1.97. The molecule has 2 heterocycles. The Morgan fingerprint density at radius 2 is 2.10 bits per heavy atom. The number of furan rings is 1. The predicted molar refractivity (Wildman–Crippen MR) is 67.2 cm³/mol. The third-order valence-corrected chi connectivity index (χ3v) is 3.07. The van der Waals surface area contributed by atoms with Crippen molar-refractivity contribution >= 4 is 17.7 Å². The maximum Gasteiger partial charge on any atom is 0.240 e. The normalized spacial score (nSPS) is 16.6. The number of rotatable bonds is 6. The molecule has 7 heteroatoms. The van der Waals surface area contributed by atoms with Crippen LogP contribution in [-0.2, 0) is 14.4 Å². The van der Waals surface area contributed by atoms with Gasteiger partial charge in [-0.05, 0) is 18.6 Å². The summed E-state index contributed by atoms with van der Waals surface area (Å²) >= 11 is 0. The van der Waals surface area contributed by atoms with E-state index < -0.39 is 12.0 Å². The number of likely N-dealkylation sites (tertiary alicyclic amines) is 1. The lowest BCUT2D eigenvalue weighted by atomic mass is 10.2. The van der Waals surface area contributed by atoms with E-state index in [0.717, 1.165) is 4.90 Å². The molecule has 1 aromatic rings. The first-order valence-corrected chi connectivity index (χ1v) is 6.39. The Morgan fingerprint density at radius 3 is 2.70 bits per heavy atom. The molecule has 7 nitrogen and oxygen atoms in total. The minimum absolute atomic E-state index is 0.170. The fourth-order valence-corrected chi connectivity index (χ4v) is 1.97. The van der Waals surface area contributed by atoms with Crippen molar-refractivity contribution in [3.8, 4) is 0 Å². The van der Waals surface area contributed by atoms with Crippen molar-refractivity contribution in [3.63, 3.8) is 0 Å². The number of carbonyl (C=O) groups is 3. The molecule has 0 aromatic carbocycles. The van der Waals surface area contributed by atoms with Crippen molar-refractivity contribution in [2.45, 2.75) is 25.4 Å². The first-order valence-electron chi connectivity index (χ1n) is 6.39. The number of aliphatic hydroxyl groups is 1. The number of imide groups is 1. The van der Waals surface area contributed by atoms with Crippen molar-refractivity contribution < 1.29 is 23.9 Å². The van der Waals surface area contributed by atoms with Gasteiger partial charge >= 0.3 is 0 Å². The largest absolute Gasteiger partial charge is 0.467 e. The Morgan fingerprint density at radius 1 is 1.40 bits per heavy atom. The molecule has 3 amide bonds. The van der Waals surface area contributed by atoms with Gasteiger partial charge in [0.05, 0.1) is 6.26 Å². The molecule has 0 radical (unpaired) electrons. The third kappa shape index (κ3) is 3.45. The highest BCUT2D eigenvalue weighted by atomic mass is 16.4. The molecule has 0 spiro atoms. The topological polar surface area (TPSA) is 99.9 Å². The van der Waals surface area contributed by atoms with Crippen LogP contribution in [0.4, 0.5) is 0 Å². The Bertz CT molecular complexity index is 481. The van der Waals surface area contributed by atoms with E-state index in [9.17, 15) is 19.5 Å². The molecular formula is C13H16N2O5. The van der Waals surface area contributed by atoms with Crippen molar-refractivity contribution in [1.82, 2.24) is 10.2 Å². The fraction of sp³-hybridized carbons (Fsp3) is 0.462. The van der Waals surface area contributed by atoms with E-state index in [0.29, 0.717) is 12.2 Å². The van der Waals surface area contributed by atoms with Gasteiger partial charge in [-0.15, -0.1) is 0 Å². The summed E-state index contributed by atoms with van der Waals surface area (Å²) < 4.78 is 5.03. The van der Waals surface area contributed by atoms with Crippen molar-refractivity contribution in [3.05, 3.63) is 24.2 Å². The van der Waals surface area contributed by atoms with Crippen LogP contribution < -0.4 is 5.32 Å². The van der Waals surface area contributed by atoms with E-state index in [2.05, 4.69) is 5.32 Å². The number of carbonyl (C=O) groups excluding carboxylic acids is 3. The van der Waals surface area contributed by atoms with Crippen LogP contribution in [0.3, 0.4) is 0 Å². The van der Waals surface area contributed by atoms with E-state index in [1.54, 1.807) is 12.1 Å². The Labute approximate surface area is 115 Å². The van der Waals surface area contributed by atoms with Gasteiger partial charge in [-0.2, -0.15) is 0 Å². The molecule has 2 N–H and O–H groups in total. The number of hydrogen-bond acceptors (Lipinski definition) is 5. The van der Waals surface area contributed by atoms with Crippen LogP contribution in [0, 0.1) is 0 Å². The molecule has 1 aliphatic rings. The van der Waals surface area contributed by atoms with E-state index in [-0.39, 0.29) is 37.7 Å².